The lowest BCUT2D eigenvalue weighted by Gasteiger charge is -2.31. The van der Waals surface area contributed by atoms with E-state index in [1.807, 2.05) is 32.0 Å². The summed E-state index contributed by atoms with van der Waals surface area (Å²) in [6.45, 7) is 13.3. The van der Waals surface area contributed by atoms with Crippen LogP contribution in [0.4, 0.5) is 5.82 Å². The van der Waals surface area contributed by atoms with Gasteiger partial charge in [0.25, 0.3) is 6.26 Å². The number of rotatable bonds is 18. The highest BCUT2D eigenvalue weighted by molar-refractivity contribution is 7.52. The maximum atomic E-state index is 14.9. The molecule has 0 fully saturated rings. The zero-order chi connectivity index (χ0) is 40.5. The number of hydrogen-bond donors (Lipinski definition) is 2. The number of fused-ring (bicyclic) bond motifs is 2. The van der Waals surface area contributed by atoms with Crippen LogP contribution >= 0.6 is 7.75 Å². The zero-order valence-corrected chi connectivity index (χ0v) is 33.2. The molecule has 16 nitrogen and oxygen atoms in total. The Morgan fingerprint density at radius 3 is 2.27 bits per heavy atom. The lowest BCUT2D eigenvalue weighted by Crippen LogP contribution is -2.43. The number of esters is 3. The van der Waals surface area contributed by atoms with Gasteiger partial charge in [0.15, 0.2) is 24.1 Å². The number of carbonyl (C=O) groups excluding carboxylic acids is 3. The third-order valence-electron chi connectivity index (χ3n) is 8.91. The number of anilines is 1. The fraction of sp³-hybridized carbons (Fsp3) is 0.474. The molecule has 2 aromatic heterocycles. The van der Waals surface area contributed by atoms with Crippen molar-refractivity contribution >= 4 is 47.8 Å². The third-order valence-corrected chi connectivity index (χ3v) is 10.5. The van der Waals surface area contributed by atoms with E-state index in [-0.39, 0.29) is 35.2 Å². The van der Waals surface area contributed by atoms with Crippen LogP contribution in [0, 0.1) is 17.4 Å². The standard InChI is InChI=1S/C38H49N6O10P/c1-9-26(10-2)19-49-37(47)23(3)43-55(48,54-32-18-15-29(38(6,7)8)27-13-11-12-14-28(27)32)51-20-33(50-21-39)35(53-25(5)46)34(52-24(4)45)30-16-17-31-36(40)41-22-42-44(30)31/h11-18,22-23,26,33-35H,9-10,19-20H2,1-8H3,(H,43,48)(H2,40,41,42)/t23-,33+,34-,35+,55?/m0/s1. The molecule has 0 bridgehead atoms. The highest BCUT2D eigenvalue weighted by Gasteiger charge is 2.42. The molecule has 4 rings (SSSR count). The van der Waals surface area contributed by atoms with Crippen LogP contribution in [0.15, 0.2) is 54.9 Å². The zero-order valence-electron chi connectivity index (χ0n) is 32.3. The van der Waals surface area contributed by atoms with Crippen LogP contribution in [0.25, 0.3) is 16.3 Å². The number of nitrogens with zero attached hydrogens (tertiary/aromatic N) is 4. The van der Waals surface area contributed by atoms with Gasteiger partial charge in [-0.25, -0.2) is 14.1 Å². The van der Waals surface area contributed by atoms with Crippen LogP contribution in [0.5, 0.6) is 5.75 Å². The molecular weight excluding hydrogens is 731 g/mol. The molecule has 296 valence electrons. The van der Waals surface area contributed by atoms with Gasteiger partial charge in [-0.3, -0.25) is 18.9 Å². The average molecular weight is 781 g/mol. The molecule has 17 heteroatoms. The number of nitriles is 1. The number of aromatic nitrogens is 3. The van der Waals surface area contributed by atoms with Gasteiger partial charge in [0.05, 0.1) is 12.3 Å². The van der Waals surface area contributed by atoms with Crippen LogP contribution in [0.2, 0.25) is 0 Å². The van der Waals surface area contributed by atoms with E-state index in [1.165, 1.54) is 23.8 Å². The van der Waals surface area contributed by atoms with Gasteiger partial charge in [-0.05, 0) is 47.4 Å². The third kappa shape index (κ3) is 10.7. The van der Waals surface area contributed by atoms with E-state index in [0.717, 1.165) is 37.6 Å². The lowest BCUT2D eigenvalue weighted by atomic mass is 9.83. The average Bonchev–Trinajstić information content (AvgIpc) is 3.56. The molecule has 0 radical (unpaired) electrons. The number of benzene rings is 2. The maximum Gasteiger partial charge on any atom is 0.459 e. The molecule has 0 saturated heterocycles. The highest BCUT2D eigenvalue weighted by atomic mass is 31.2. The minimum absolute atomic E-state index is 0.111. The Hall–Kier alpha value is -5.23. The number of nitrogens with one attached hydrogen (secondary N) is 1. The van der Waals surface area contributed by atoms with Gasteiger partial charge in [0.1, 0.15) is 30.2 Å². The smallest absolute Gasteiger partial charge is 0.459 e. The van der Waals surface area contributed by atoms with Crippen molar-refractivity contribution in [2.45, 2.75) is 98.0 Å². The molecule has 1 unspecified atom stereocenters. The fourth-order valence-electron chi connectivity index (χ4n) is 5.99. The number of ether oxygens (including phenoxy) is 4. The van der Waals surface area contributed by atoms with Crippen molar-refractivity contribution in [1.29, 1.82) is 5.26 Å². The Morgan fingerprint density at radius 1 is 0.982 bits per heavy atom. The summed E-state index contributed by atoms with van der Waals surface area (Å²) < 4.78 is 50.5. The molecule has 2 aromatic carbocycles. The Labute approximate surface area is 320 Å². The molecule has 0 spiro atoms. The van der Waals surface area contributed by atoms with Crippen molar-refractivity contribution in [1.82, 2.24) is 19.7 Å². The quantitative estimate of drug-likeness (QED) is 0.0488. The second-order valence-corrected chi connectivity index (χ2v) is 15.7. The molecule has 0 aliphatic rings. The van der Waals surface area contributed by atoms with E-state index in [2.05, 4.69) is 35.9 Å². The van der Waals surface area contributed by atoms with Gasteiger partial charge in [-0.15, -0.1) is 0 Å². The van der Waals surface area contributed by atoms with E-state index in [0.29, 0.717) is 10.9 Å². The summed E-state index contributed by atoms with van der Waals surface area (Å²) in [4.78, 5) is 42.2. The summed E-state index contributed by atoms with van der Waals surface area (Å²) in [7, 11) is -4.62. The van der Waals surface area contributed by atoms with E-state index in [4.69, 9.17) is 33.7 Å². The Kier molecular flexibility index (Phi) is 14.2. The summed E-state index contributed by atoms with van der Waals surface area (Å²) in [5.74, 6) is -1.90. The van der Waals surface area contributed by atoms with Crippen LogP contribution in [-0.4, -0.2) is 64.0 Å². The maximum absolute atomic E-state index is 14.9. The SMILES string of the molecule is CCC(CC)COC(=O)[C@H](C)NP(=O)(OC[C@@H](OC#N)[C@@H](OC(C)=O)[C@@H](OC(C)=O)c1ccc2c(N)ncnn12)Oc1ccc(C(C)(C)C)c2ccccc12. The fourth-order valence-corrected chi connectivity index (χ4v) is 7.51. The Bertz CT molecular complexity index is 2070. The highest BCUT2D eigenvalue weighted by Crippen LogP contribution is 2.48. The van der Waals surface area contributed by atoms with Crippen LogP contribution in [0.1, 0.15) is 85.6 Å². The van der Waals surface area contributed by atoms with Gasteiger partial charge in [-0.1, -0.05) is 77.8 Å². The van der Waals surface area contributed by atoms with Crippen LogP contribution < -0.4 is 15.3 Å². The predicted molar refractivity (Wildman–Crippen MR) is 202 cm³/mol. The lowest BCUT2D eigenvalue weighted by molar-refractivity contribution is -0.177. The van der Waals surface area contributed by atoms with E-state index < -0.39 is 56.6 Å². The van der Waals surface area contributed by atoms with Crippen molar-refractivity contribution < 1.29 is 46.9 Å². The van der Waals surface area contributed by atoms with Gasteiger partial charge in [0.2, 0.25) is 0 Å². The topological polar surface area (TPSA) is 216 Å². The molecule has 0 amide bonds. The monoisotopic (exact) mass is 780 g/mol. The van der Waals surface area contributed by atoms with Gasteiger partial charge in [-0.2, -0.15) is 15.4 Å². The number of nitrogen functional groups attached to an aromatic ring is 1. The van der Waals surface area contributed by atoms with Crippen LogP contribution in [0.3, 0.4) is 0 Å². The second kappa shape index (κ2) is 18.4. The van der Waals surface area contributed by atoms with E-state index >= 15 is 0 Å². The van der Waals surface area contributed by atoms with Gasteiger partial charge in [0, 0.05) is 19.2 Å². The number of nitrogens with two attached hydrogens (primary N) is 1. The molecular formula is C38H49N6O10P. The molecule has 0 aliphatic heterocycles. The normalized spacial score (nSPS) is 15.0. The largest absolute Gasteiger partial charge is 0.464 e. The molecule has 55 heavy (non-hydrogen) atoms. The summed E-state index contributed by atoms with van der Waals surface area (Å²) >= 11 is 0. The van der Waals surface area contributed by atoms with Crippen molar-refractivity contribution in [2.75, 3.05) is 18.9 Å². The number of carbonyl (C=O) groups is 3. The first-order valence-electron chi connectivity index (χ1n) is 17.9. The first-order valence-corrected chi connectivity index (χ1v) is 19.4. The number of hydrogen-bond acceptors (Lipinski definition) is 14. The second-order valence-electron chi connectivity index (χ2n) is 14.0. The van der Waals surface area contributed by atoms with Gasteiger partial charge >= 0.3 is 25.7 Å². The predicted octanol–water partition coefficient (Wildman–Crippen LogP) is 6.33. The molecule has 4 aromatic rings. The minimum Gasteiger partial charge on any atom is -0.464 e. The summed E-state index contributed by atoms with van der Waals surface area (Å²) in [6.07, 6.45) is -0.281. The summed E-state index contributed by atoms with van der Waals surface area (Å²) in [5.41, 5.74) is 7.31. The first-order chi connectivity index (χ1) is 26.0. The van der Waals surface area contributed by atoms with Crippen molar-refractivity contribution in [3.63, 3.8) is 0 Å². The summed E-state index contributed by atoms with van der Waals surface area (Å²) in [5, 5.41) is 18.1. The first kappa shape index (κ1) is 42.5. The Morgan fingerprint density at radius 2 is 1.65 bits per heavy atom. The summed E-state index contributed by atoms with van der Waals surface area (Å²) in [6, 6.07) is 12.8. The molecule has 0 aliphatic carbocycles. The molecule has 5 atom stereocenters. The van der Waals surface area contributed by atoms with E-state index in [9.17, 15) is 24.2 Å². The Balaban J connectivity index is 1.76. The molecule has 0 saturated carbocycles. The van der Waals surface area contributed by atoms with Gasteiger partial charge < -0.3 is 29.2 Å². The van der Waals surface area contributed by atoms with Crippen molar-refractivity contribution in [3.05, 3.63) is 66.1 Å². The van der Waals surface area contributed by atoms with Crippen molar-refractivity contribution in [3.8, 4) is 12.0 Å². The van der Waals surface area contributed by atoms with Crippen molar-refractivity contribution in [2.24, 2.45) is 5.92 Å². The van der Waals surface area contributed by atoms with E-state index in [1.54, 1.807) is 30.5 Å². The minimum atomic E-state index is -4.62. The van der Waals surface area contributed by atoms with Crippen LogP contribution in [-0.2, 0) is 47.8 Å². The molecule has 3 N–H and O–H groups in total. The molecule has 2 heterocycles.